The number of aliphatic hydroxyl groups is 1. The molecule has 0 aliphatic carbocycles. The second-order valence-electron chi connectivity index (χ2n) is 6.24. The number of carbonyl (C=O) groups excluding carboxylic acids is 1. The molecule has 2 aliphatic rings. The van der Waals surface area contributed by atoms with Crippen molar-refractivity contribution < 1.29 is 14.6 Å². The first-order valence-electron chi connectivity index (χ1n) is 7.95. The predicted octanol–water partition coefficient (Wildman–Crippen LogP) is 1.09. The summed E-state index contributed by atoms with van der Waals surface area (Å²) in [6.07, 6.45) is 2.83. The molecule has 0 radical (unpaired) electrons. The van der Waals surface area contributed by atoms with Crippen LogP contribution in [0.5, 0.6) is 5.75 Å². The highest BCUT2D eigenvalue weighted by molar-refractivity contribution is 6.33. The van der Waals surface area contributed by atoms with E-state index in [2.05, 4.69) is 10.6 Å². The third-order valence-electron chi connectivity index (χ3n) is 4.55. The van der Waals surface area contributed by atoms with Gasteiger partial charge in [-0.3, -0.25) is 4.79 Å². The van der Waals surface area contributed by atoms with Crippen molar-refractivity contribution in [3.8, 4) is 5.75 Å². The SMILES string of the molecule is Nc1c(Cl)cc(C(=O)NCC2(O)CCNCC2)c2c1CCCO2. The number of piperidine rings is 1. The van der Waals surface area contributed by atoms with Crippen molar-refractivity contribution in [2.45, 2.75) is 31.3 Å². The second-order valence-corrected chi connectivity index (χ2v) is 6.64. The van der Waals surface area contributed by atoms with Gasteiger partial charge in [0.1, 0.15) is 5.75 Å². The number of hydrogen-bond acceptors (Lipinski definition) is 5. The molecule has 2 aliphatic heterocycles. The van der Waals surface area contributed by atoms with E-state index < -0.39 is 5.60 Å². The van der Waals surface area contributed by atoms with E-state index in [0.717, 1.165) is 31.5 Å². The summed E-state index contributed by atoms with van der Waals surface area (Å²) in [4.78, 5) is 12.5. The van der Waals surface area contributed by atoms with E-state index >= 15 is 0 Å². The molecule has 1 aromatic rings. The van der Waals surface area contributed by atoms with Gasteiger partial charge in [-0.15, -0.1) is 0 Å². The lowest BCUT2D eigenvalue weighted by Crippen LogP contribution is -2.49. The van der Waals surface area contributed by atoms with Crippen molar-refractivity contribution in [2.24, 2.45) is 0 Å². The molecule has 5 N–H and O–H groups in total. The molecule has 1 amide bonds. The fourth-order valence-electron chi connectivity index (χ4n) is 3.11. The number of amides is 1. The number of nitrogens with one attached hydrogen (secondary N) is 2. The molecule has 23 heavy (non-hydrogen) atoms. The Morgan fingerprint density at radius 1 is 1.48 bits per heavy atom. The molecule has 2 heterocycles. The lowest BCUT2D eigenvalue weighted by atomic mass is 9.92. The Bertz CT molecular complexity index is 615. The van der Waals surface area contributed by atoms with Crippen LogP contribution in [-0.2, 0) is 6.42 Å². The zero-order chi connectivity index (χ0) is 16.4. The number of nitrogen functional groups attached to an aromatic ring is 1. The number of nitrogens with two attached hydrogens (primary N) is 1. The van der Waals surface area contributed by atoms with Gasteiger partial charge in [-0.05, 0) is 44.8 Å². The number of hydrogen-bond donors (Lipinski definition) is 4. The monoisotopic (exact) mass is 339 g/mol. The zero-order valence-corrected chi connectivity index (χ0v) is 13.7. The van der Waals surface area contributed by atoms with Gasteiger partial charge in [0.05, 0.1) is 28.5 Å². The van der Waals surface area contributed by atoms with Crippen molar-refractivity contribution in [3.05, 3.63) is 22.2 Å². The minimum atomic E-state index is -0.862. The smallest absolute Gasteiger partial charge is 0.255 e. The van der Waals surface area contributed by atoms with Crippen LogP contribution >= 0.6 is 11.6 Å². The quantitative estimate of drug-likeness (QED) is 0.618. The standard InChI is InChI=1S/C16H22ClN3O3/c17-12-8-11(14-10(13(12)18)2-1-7-23-14)15(21)20-9-16(22)3-5-19-6-4-16/h8,19,22H,1-7,9,18H2,(H,20,21). The Balaban J connectivity index is 1.78. The van der Waals surface area contributed by atoms with Gasteiger partial charge in [0.25, 0.3) is 5.91 Å². The first-order chi connectivity index (χ1) is 11.0. The van der Waals surface area contributed by atoms with Crippen LogP contribution in [0.4, 0.5) is 5.69 Å². The molecule has 1 saturated heterocycles. The number of anilines is 1. The highest BCUT2D eigenvalue weighted by Gasteiger charge is 2.30. The number of carbonyl (C=O) groups is 1. The van der Waals surface area contributed by atoms with Crippen molar-refractivity contribution in [1.29, 1.82) is 0 Å². The Morgan fingerprint density at radius 3 is 2.96 bits per heavy atom. The van der Waals surface area contributed by atoms with Crippen LogP contribution in [0.2, 0.25) is 5.02 Å². The topological polar surface area (TPSA) is 96.6 Å². The third kappa shape index (κ3) is 3.39. The first kappa shape index (κ1) is 16.4. The summed E-state index contributed by atoms with van der Waals surface area (Å²) in [6.45, 7) is 2.27. The van der Waals surface area contributed by atoms with Crippen LogP contribution in [0.15, 0.2) is 6.07 Å². The molecule has 0 atom stereocenters. The van der Waals surface area contributed by atoms with E-state index in [-0.39, 0.29) is 12.5 Å². The molecule has 6 nitrogen and oxygen atoms in total. The van der Waals surface area contributed by atoms with Crippen LogP contribution in [-0.4, -0.2) is 42.9 Å². The van der Waals surface area contributed by atoms with E-state index in [1.54, 1.807) is 6.07 Å². The normalized spacial score (nSPS) is 19.6. The Labute approximate surface area is 140 Å². The maximum atomic E-state index is 12.5. The van der Waals surface area contributed by atoms with E-state index in [0.29, 0.717) is 41.5 Å². The Kier molecular flexibility index (Phi) is 4.66. The lowest BCUT2D eigenvalue weighted by molar-refractivity contribution is 0.0112. The lowest BCUT2D eigenvalue weighted by Gasteiger charge is -2.32. The summed E-state index contributed by atoms with van der Waals surface area (Å²) in [5.74, 6) is 0.227. The van der Waals surface area contributed by atoms with E-state index in [9.17, 15) is 9.90 Å². The minimum absolute atomic E-state index is 0.213. The number of rotatable bonds is 3. The molecule has 7 heteroatoms. The first-order valence-corrected chi connectivity index (χ1v) is 8.33. The highest BCUT2D eigenvalue weighted by Crippen LogP contribution is 2.38. The largest absolute Gasteiger partial charge is 0.492 e. The van der Waals surface area contributed by atoms with Gasteiger partial charge >= 0.3 is 0 Å². The molecule has 0 aromatic heterocycles. The van der Waals surface area contributed by atoms with Gasteiger partial charge in [0.15, 0.2) is 0 Å². The van der Waals surface area contributed by atoms with Gasteiger partial charge in [-0.2, -0.15) is 0 Å². The van der Waals surface area contributed by atoms with E-state index in [1.807, 2.05) is 0 Å². The van der Waals surface area contributed by atoms with E-state index in [1.165, 1.54) is 0 Å². The second kappa shape index (κ2) is 6.55. The molecular formula is C16H22ClN3O3. The summed E-state index contributed by atoms with van der Waals surface area (Å²) in [5, 5.41) is 16.8. The van der Waals surface area contributed by atoms with Crippen molar-refractivity contribution in [1.82, 2.24) is 10.6 Å². The molecule has 0 saturated carbocycles. The molecule has 1 aromatic carbocycles. The molecule has 3 rings (SSSR count). The van der Waals surface area contributed by atoms with Gasteiger partial charge in [-0.25, -0.2) is 0 Å². The average molecular weight is 340 g/mol. The molecule has 0 unspecified atom stereocenters. The molecule has 126 valence electrons. The molecule has 0 bridgehead atoms. The van der Waals surface area contributed by atoms with Gasteiger partial charge in [0, 0.05) is 12.1 Å². The predicted molar refractivity (Wildman–Crippen MR) is 89.1 cm³/mol. The molecule has 0 spiro atoms. The number of fused-ring (bicyclic) bond motifs is 1. The van der Waals surface area contributed by atoms with Gasteiger partial charge in [0.2, 0.25) is 0 Å². The van der Waals surface area contributed by atoms with Gasteiger partial charge < -0.3 is 26.2 Å². The summed E-state index contributed by atoms with van der Waals surface area (Å²) in [5.41, 5.74) is 6.80. The Morgan fingerprint density at radius 2 is 2.22 bits per heavy atom. The maximum Gasteiger partial charge on any atom is 0.255 e. The summed E-state index contributed by atoms with van der Waals surface area (Å²) in [6, 6.07) is 1.54. The van der Waals surface area contributed by atoms with Crippen LogP contribution in [0.3, 0.4) is 0 Å². The number of ether oxygens (including phenoxy) is 1. The zero-order valence-electron chi connectivity index (χ0n) is 13.0. The number of halogens is 1. The van der Waals surface area contributed by atoms with Gasteiger partial charge in [-0.1, -0.05) is 11.6 Å². The Hall–Kier alpha value is -1.50. The third-order valence-corrected chi connectivity index (χ3v) is 4.86. The minimum Gasteiger partial charge on any atom is -0.492 e. The number of benzene rings is 1. The summed E-state index contributed by atoms with van der Waals surface area (Å²) < 4.78 is 5.66. The fraction of sp³-hybridized carbons (Fsp3) is 0.562. The maximum absolute atomic E-state index is 12.5. The molecular weight excluding hydrogens is 318 g/mol. The van der Waals surface area contributed by atoms with Crippen LogP contribution in [0.1, 0.15) is 35.2 Å². The van der Waals surface area contributed by atoms with Crippen molar-refractivity contribution in [2.75, 3.05) is 32.0 Å². The van der Waals surface area contributed by atoms with Crippen molar-refractivity contribution in [3.63, 3.8) is 0 Å². The molecule has 1 fully saturated rings. The summed E-state index contributed by atoms with van der Waals surface area (Å²) >= 11 is 6.15. The average Bonchev–Trinajstić information content (AvgIpc) is 2.57. The van der Waals surface area contributed by atoms with Crippen molar-refractivity contribution >= 4 is 23.2 Å². The van der Waals surface area contributed by atoms with Crippen LogP contribution < -0.4 is 21.1 Å². The summed E-state index contributed by atoms with van der Waals surface area (Å²) in [7, 11) is 0. The van der Waals surface area contributed by atoms with Crippen LogP contribution in [0, 0.1) is 0 Å². The highest BCUT2D eigenvalue weighted by atomic mass is 35.5. The van der Waals surface area contributed by atoms with Crippen LogP contribution in [0.25, 0.3) is 0 Å². The van der Waals surface area contributed by atoms with E-state index in [4.69, 9.17) is 22.1 Å². The fourth-order valence-corrected chi connectivity index (χ4v) is 3.34.